The van der Waals surface area contributed by atoms with Crippen molar-refractivity contribution in [2.45, 2.75) is 19.3 Å². The lowest BCUT2D eigenvalue weighted by Crippen LogP contribution is -2.17. The monoisotopic (exact) mass is 282 g/mol. The van der Waals surface area contributed by atoms with Crippen molar-refractivity contribution in [2.75, 3.05) is 10.5 Å². The topological polar surface area (TPSA) is 107 Å². The van der Waals surface area contributed by atoms with Gasteiger partial charge in [0.2, 0.25) is 10.0 Å². The second-order valence-electron chi connectivity index (χ2n) is 3.95. The highest BCUT2D eigenvalue weighted by atomic mass is 32.2. The summed E-state index contributed by atoms with van der Waals surface area (Å²) in [6.07, 6.45) is 0.158. The summed E-state index contributed by atoms with van der Waals surface area (Å²) in [5, 5.41) is 16.9. The van der Waals surface area contributed by atoms with Crippen LogP contribution in [0, 0.1) is 11.3 Å². The zero-order valence-electron chi connectivity index (χ0n) is 10.2. The molecule has 6 nitrogen and oxygen atoms in total. The summed E-state index contributed by atoms with van der Waals surface area (Å²) in [5.74, 6) is -1.25. The van der Waals surface area contributed by atoms with Gasteiger partial charge in [-0.25, -0.2) is 8.42 Å². The van der Waals surface area contributed by atoms with E-state index >= 15 is 0 Å². The van der Waals surface area contributed by atoms with Crippen LogP contribution in [0.15, 0.2) is 24.3 Å². The zero-order valence-corrected chi connectivity index (χ0v) is 11.0. The van der Waals surface area contributed by atoms with Gasteiger partial charge in [0.1, 0.15) is 0 Å². The first-order valence-electron chi connectivity index (χ1n) is 5.61. The van der Waals surface area contributed by atoms with Crippen LogP contribution < -0.4 is 4.72 Å². The zero-order chi connectivity index (χ0) is 14.3. The van der Waals surface area contributed by atoms with E-state index in [2.05, 4.69) is 4.72 Å². The average molecular weight is 282 g/mol. The minimum Gasteiger partial charge on any atom is -0.481 e. The van der Waals surface area contributed by atoms with Gasteiger partial charge >= 0.3 is 5.97 Å². The predicted molar refractivity (Wildman–Crippen MR) is 70.0 cm³/mol. The molecule has 0 bridgehead atoms. The van der Waals surface area contributed by atoms with Crippen molar-refractivity contribution >= 4 is 21.7 Å². The molecule has 0 aliphatic rings. The normalized spacial score (nSPS) is 10.7. The molecule has 0 heterocycles. The van der Waals surface area contributed by atoms with Crippen LogP contribution in [-0.4, -0.2) is 25.2 Å². The van der Waals surface area contributed by atoms with E-state index in [1.165, 1.54) is 0 Å². The fourth-order valence-electron chi connectivity index (χ4n) is 1.43. The van der Waals surface area contributed by atoms with Crippen molar-refractivity contribution in [3.05, 3.63) is 29.8 Å². The van der Waals surface area contributed by atoms with E-state index in [-0.39, 0.29) is 25.0 Å². The standard InChI is InChI=1S/C12H14N2O4S/c13-8-7-10-3-5-11(6-4-10)14-19(17,18)9-1-2-12(15)16/h3-6,14H,1-2,7,9H2,(H,15,16). The SMILES string of the molecule is N#CCc1ccc(NS(=O)(=O)CCCC(=O)O)cc1. The van der Waals surface area contributed by atoms with Crippen LogP contribution in [0.5, 0.6) is 0 Å². The largest absolute Gasteiger partial charge is 0.481 e. The van der Waals surface area contributed by atoms with Gasteiger partial charge in [-0.2, -0.15) is 5.26 Å². The molecule has 0 amide bonds. The molecule has 7 heteroatoms. The van der Waals surface area contributed by atoms with Gasteiger partial charge in [-0.05, 0) is 24.1 Å². The molecule has 0 saturated carbocycles. The number of nitrogens with one attached hydrogen (secondary N) is 1. The quantitative estimate of drug-likeness (QED) is 0.785. The second kappa shape index (κ2) is 6.75. The Morgan fingerprint density at radius 3 is 2.47 bits per heavy atom. The molecule has 0 aliphatic carbocycles. The molecule has 0 fully saturated rings. The molecule has 1 rings (SSSR count). The Labute approximate surface area is 111 Å². The fourth-order valence-corrected chi connectivity index (χ4v) is 2.55. The Kier molecular flexibility index (Phi) is 5.33. The van der Waals surface area contributed by atoms with Crippen molar-refractivity contribution in [1.82, 2.24) is 0 Å². The molecule has 2 N–H and O–H groups in total. The van der Waals surface area contributed by atoms with E-state index in [1.54, 1.807) is 24.3 Å². The van der Waals surface area contributed by atoms with Crippen LogP contribution in [0.25, 0.3) is 0 Å². The lowest BCUT2D eigenvalue weighted by molar-refractivity contribution is -0.137. The Bertz CT molecular complexity index is 573. The van der Waals surface area contributed by atoms with Gasteiger partial charge in [-0.3, -0.25) is 9.52 Å². The molecule has 0 spiro atoms. The van der Waals surface area contributed by atoms with Crippen LogP contribution in [0.1, 0.15) is 18.4 Å². The van der Waals surface area contributed by atoms with E-state index in [4.69, 9.17) is 10.4 Å². The van der Waals surface area contributed by atoms with Crippen LogP contribution in [0.2, 0.25) is 0 Å². The summed E-state index contributed by atoms with van der Waals surface area (Å²) >= 11 is 0. The van der Waals surface area contributed by atoms with Crippen LogP contribution in [0.3, 0.4) is 0 Å². The number of carboxylic acids is 1. The first-order chi connectivity index (χ1) is 8.93. The Hall–Kier alpha value is -2.07. The highest BCUT2D eigenvalue weighted by Crippen LogP contribution is 2.12. The molecule has 102 valence electrons. The van der Waals surface area contributed by atoms with Gasteiger partial charge in [-0.15, -0.1) is 0 Å². The third-order valence-electron chi connectivity index (χ3n) is 2.31. The smallest absolute Gasteiger partial charge is 0.303 e. The highest BCUT2D eigenvalue weighted by molar-refractivity contribution is 7.92. The number of hydrogen-bond donors (Lipinski definition) is 2. The Morgan fingerprint density at radius 2 is 1.95 bits per heavy atom. The van der Waals surface area contributed by atoms with Gasteiger partial charge in [0.25, 0.3) is 0 Å². The van der Waals surface area contributed by atoms with E-state index in [0.717, 1.165) is 5.56 Å². The number of rotatable bonds is 7. The summed E-state index contributed by atoms with van der Waals surface area (Å²) in [4.78, 5) is 10.3. The molecule has 0 radical (unpaired) electrons. The summed E-state index contributed by atoms with van der Waals surface area (Å²) in [5.41, 5.74) is 1.20. The highest BCUT2D eigenvalue weighted by Gasteiger charge is 2.11. The lowest BCUT2D eigenvalue weighted by atomic mass is 10.1. The van der Waals surface area contributed by atoms with E-state index in [0.29, 0.717) is 5.69 Å². The number of sulfonamides is 1. The van der Waals surface area contributed by atoms with Gasteiger partial charge in [0.15, 0.2) is 0 Å². The van der Waals surface area contributed by atoms with Crippen molar-refractivity contribution in [2.24, 2.45) is 0 Å². The van der Waals surface area contributed by atoms with Crippen molar-refractivity contribution in [1.29, 1.82) is 5.26 Å². The Balaban J connectivity index is 2.58. The Morgan fingerprint density at radius 1 is 1.32 bits per heavy atom. The number of carbonyl (C=O) groups is 1. The van der Waals surface area contributed by atoms with Gasteiger partial charge in [0, 0.05) is 12.1 Å². The van der Waals surface area contributed by atoms with E-state index in [9.17, 15) is 13.2 Å². The van der Waals surface area contributed by atoms with Crippen molar-refractivity contribution < 1.29 is 18.3 Å². The van der Waals surface area contributed by atoms with Crippen molar-refractivity contribution in [3.63, 3.8) is 0 Å². The molecule has 0 aromatic heterocycles. The molecular weight excluding hydrogens is 268 g/mol. The maximum Gasteiger partial charge on any atom is 0.303 e. The minimum absolute atomic E-state index is 0.0666. The van der Waals surface area contributed by atoms with Crippen LogP contribution in [-0.2, 0) is 21.2 Å². The molecule has 1 aromatic rings. The molecular formula is C12H14N2O4S. The molecule has 0 atom stereocenters. The lowest BCUT2D eigenvalue weighted by Gasteiger charge is -2.07. The van der Waals surface area contributed by atoms with E-state index in [1.807, 2.05) is 6.07 Å². The second-order valence-corrected chi connectivity index (χ2v) is 5.79. The number of nitriles is 1. The maximum absolute atomic E-state index is 11.6. The number of aliphatic carboxylic acids is 1. The third-order valence-corrected chi connectivity index (χ3v) is 3.69. The molecule has 0 saturated heterocycles. The van der Waals surface area contributed by atoms with Crippen LogP contribution in [0.4, 0.5) is 5.69 Å². The fraction of sp³-hybridized carbons (Fsp3) is 0.333. The predicted octanol–water partition coefficient (Wildman–Crippen LogP) is 1.36. The van der Waals surface area contributed by atoms with E-state index < -0.39 is 16.0 Å². The first kappa shape index (κ1) is 15.0. The summed E-state index contributed by atoms with van der Waals surface area (Å²) < 4.78 is 25.6. The van der Waals surface area contributed by atoms with Crippen molar-refractivity contribution in [3.8, 4) is 6.07 Å². The third kappa shape index (κ3) is 5.88. The number of benzene rings is 1. The minimum atomic E-state index is -3.53. The summed E-state index contributed by atoms with van der Waals surface area (Å²) in [7, 11) is -3.53. The summed E-state index contributed by atoms with van der Waals surface area (Å²) in [6, 6.07) is 8.47. The molecule has 1 aromatic carbocycles. The number of anilines is 1. The van der Waals surface area contributed by atoms with Gasteiger partial charge in [0.05, 0.1) is 18.2 Å². The first-order valence-corrected chi connectivity index (χ1v) is 7.26. The van der Waals surface area contributed by atoms with Gasteiger partial charge < -0.3 is 5.11 Å². The van der Waals surface area contributed by atoms with Gasteiger partial charge in [-0.1, -0.05) is 12.1 Å². The number of carboxylic acid groups (broad SMARTS) is 1. The molecule has 0 aliphatic heterocycles. The summed E-state index contributed by atoms with van der Waals surface area (Å²) in [6.45, 7) is 0. The molecule has 19 heavy (non-hydrogen) atoms. The number of hydrogen-bond acceptors (Lipinski definition) is 4. The maximum atomic E-state index is 11.6. The number of nitrogens with zero attached hydrogens (tertiary/aromatic N) is 1. The molecule has 0 unspecified atom stereocenters. The average Bonchev–Trinajstić information content (AvgIpc) is 2.31. The van der Waals surface area contributed by atoms with Crippen LogP contribution >= 0.6 is 0 Å².